The normalized spacial score (nSPS) is 14.2. The van der Waals surface area contributed by atoms with Crippen LogP contribution in [0, 0.1) is 5.82 Å². The lowest BCUT2D eigenvalue weighted by Gasteiger charge is -2.17. The number of aliphatic hydroxyl groups excluding tert-OH is 1. The van der Waals surface area contributed by atoms with Gasteiger partial charge in [-0.1, -0.05) is 24.6 Å². The minimum absolute atomic E-state index is 0. The highest BCUT2D eigenvalue weighted by Crippen LogP contribution is 2.22. The van der Waals surface area contributed by atoms with Crippen LogP contribution in [0.1, 0.15) is 24.9 Å². The molecule has 86 valence electrons. The smallest absolute Gasteiger partial charge is 0.141 e. The van der Waals surface area contributed by atoms with Crippen molar-refractivity contribution in [1.82, 2.24) is 0 Å². The largest absolute Gasteiger partial charge is 0.391 e. The zero-order chi connectivity index (χ0) is 10.7. The first kappa shape index (κ1) is 14.6. The van der Waals surface area contributed by atoms with Crippen LogP contribution in [-0.2, 0) is 0 Å². The molecule has 15 heavy (non-hydrogen) atoms. The third-order valence-corrected chi connectivity index (χ3v) is 2.45. The Kier molecular flexibility index (Phi) is 6.13. The monoisotopic (exact) mass is 253 g/mol. The Labute approximate surface area is 99.6 Å². The molecule has 0 heterocycles. The highest BCUT2D eigenvalue weighted by Gasteiger charge is 2.15. The summed E-state index contributed by atoms with van der Waals surface area (Å²) in [4.78, 5) is 0. The van der Waals surface area contributed by atoms with Crippen LogP contribution in [0.15, 0.2) is 18.2 Å². The van der Waals surface area contributed by atoms with Crippen molar-refractivity contribution < 1.29 is 9.50 Å². The second-order valence-corrected chi connectivity index (χ2v) is 3.58. The Morgan fingerprint density at radius 3 is 2.60 bits per heavy atom. The zero-order valence-electron chi connectivity index (χ0n) is 8.28. The van der Waals surface area contributed by atoms with Gasteiger partial charge in [0, 0.05) is 0 Å². The number of halogens is 3. The molecular formula is C10H14Cl2FNO. The van der Waals surface area contributed by atoms with E-state index in [0.29, 0.717) is 12.0 Å². The molecule has 0 fully saturated rings. The van der Waals surface area contributed by atoms with Crippen LogP contribution in [0.25, 0.3) is 0 Å². The molecule has 3 N–H and O–H groups in total. The summed E-state index contributed by atoms with van der Waals surface area (Å²) in [7, 11) is 0. The maximum absolute atomic E-state index is 12.8. The van der Waals surface area contributed by atoms with Crippen LogP contribution in [0.3, 0.4) is 0 Å². The van der Waals surface area contributed by atoms with Crippen molar-refractivity contribution in [3.63, 3.8) is 0 Å². The van der Waals surface area contributed by atoms with Crippen LogP contribution in [0.2, 0.25) is 5.02 Å². The van der Waals surface area contributed by atoms with Gasteiger partial charge in [0.1, 0.15) is 5.82 Å². The van der Waals surface area contributed by atoms with Crippen LogP contribution in [0.5, 0.6) is 0 Å². The van der Waals surface area contributed by atoms with Crippen LogP contribution >= 0.6 is 24.0 Å². The summed E-state index contributed by atoms with van der Waals surface area (Å²) in [6.45, 7) is 1.83. The van der Waals surface area contributed by atoms with E-state index < -0.39 is 18.0 Å². The van der Waals surface area contributed by atoms with Gasteiger partial charge in [-0.05, 0) is 24.1 Å². The van der Waals surface area contributed by atoms with Crippen LogP contribution in [-0.4, -0.2) is 11.2 Å². The average molecular weight is 254 g/mol. The lowest BCUT2D eigenvalue weighted by Crippen LogP contribution is -2.25. The number of hydrogen-bond donors (Lipinski definition) is 2. The van der Waals surface area contributed by atoms with Gasteiger partial charge < -0.3 is 10.8 Å². The van der Waals surface area contributed by atoms with Crippen LogP contribution < -0.4 is 5.73 Å². The van der Waals surface area contributed by atoms with Crippen molar-refractivity contribution in [1.29, 1.82) is 0 Å². The Bertz CT molecular complexity index is 322. The summed E-state index contributed by atoms with van der Waals surface area (Å²) in [5.74, 6) is -0.478. The fourth-order valence-corrected chi connectivity index (χ4v) is 1.38. The van der Waals surface area contributed by atoms with Gasteiger partial charge in [0.05, 0.1) is 17.2 Å². The summed E-state index contributed by atoms with van der Waals surface area (Å²) >= 11 is 5.59. The second-order valence-electron chi connectivity index (χ2n) is 3.17. The molecule has 1 aromatic carbocycles. The molecule has 0 spiro atoms. The molecule has 1 aromatic rings. The van der Waals surface area contributed by atoms with E-state index in [1.54, 1.807) is 0 Å². The van der Waals surface area contributed by atoms with E-state index in [1.165, 1.54) is 18.2 Å². The van der Waals surface area contributed by atoms with Gasteiger partial charge in [0.15, 0.2) is 0 Å². The molecular weight excluding hydrogens is 240 g/mol. The topological polar surface area (TPSA) is 46.2 Å². The molecule has 0 saturated carbocycles. The maximum atomic E-state index is 12.8. The molecule has 2 atom stereocenters. The van der Waals surface area contributed by atoms with E-state index in [2.05, 4.69) is 0 Å². The molecule has 1 rings (SSSR count). The number of rotatable bonds is 3. The standard InChI is InChI=1S/C10H13ClFNO.ClH/c1-2-9(14)10(13)6-3-4-8(12)7(11)5-6;/h3-5,9-10,14H,2,13H2,1H3;1H/t9-,10+;/m1./s1. The Hall–Kier alpha value is -0.350. The first-order valence-electron chi connectivity index (χ1n) is 4.44. The summed E-state index contributed by atoms with van der Waals surface area (Å²) in [5, 5.41) is 9.51. The maximum Gasteiger partial charge on any atom is 0.141 e. The molecule has 5 heteroatoms. The molecule has 0 aliphatic heterocycles. The van der Waals surface area contributed by atoms with E-state index in [4.69, 9.17) is 17.3 Å². The van der Waals surface area contributed by atoms with Crippen molar-refractivity contribution in [3.8, 4) is 0 Å². The SMILES string of the molecule is CC[C@@H](O)[C@@H](N)c1ccc(F)c(Cl)c1.Cl. The predicted molar refractivity (Wildman–Crippen MR) is 61.9 cm³/mol. The molecule has 2 nitrogen and oxygen atoms in total. The number of hydrogen-bond acceptors (Lipinski definition) is 2. The molecule has 0 saturated heterocycles. The number of aliphatic hydroxyl groups is 1. The van der Waals surface area contributed by atoms with Crippen molar-refractivity contribution >= 4 is 24.0 Å². The molecule has 0 aliphatic rings. The van der Waals surface area contributed by atoms with Gasteiger partial charge in [-0.25, -0.2) is 4.39 Å². The van der Waals surface area contributed by atoms with Gasteiger partial charge in [-0.3, -0.25) is 0 Å². The average Bonchev–Trinajstić information content (AvgIpc) is 2.20. The fraction of sp³-hybridized carbons (Fsp3) is 0.400. The number of nitrogens with two attached hydrogens (primary N) is 1. The van der Waals surface area contributed by atoms with Gasteiger partial charge in [0.25, 0.3) is 0 Å². The quantitative estimate of drug-likeness (QED) is 0.871. The molecule has 0 aromatic heterocycles. The molecule has 0 amide bonds. The highest BCUT2D eigenvalue weighted by atomic mass is 35.5. The molecule has 0 unspecified atom stereocenters. The minimum atomic E-state index is -0.628. The van der Waals surface area contributed by atoms with Gasteiger partial charge in [0.2, 0.25) is 0 Å². The van der Waals surface area contributed by atoms with Gasteiger partial charge in [-0.15, -0.1) is 12.4 Å². The second kappa shape index (κ2) is 6.28. The third-order valence-electron chi connectivity index (χ3n) is 2.16. The van der Waals surface area contributed by atoms with Gasteiger partial charge >= 0.3 is 0 Å². The predicted octanol–water partition coefficient (Wildman–Crippen LogP) is 2.67. The van der Waals surface area contributed by atoms with Crippen molar-refractivity contribution in [2.45, 2.75) is 25.5 Å². The summed E-state index contributed by atoms with van der Waals surface area (Å²) in [6.07, 6.45) is -0.0765. The Balaban J connectivity index is 0.00000196. The lowest BCUT2D eigenvalue weighted by molar-refractivity contribution is 0.140. The lowest BCUT2D eigenvalue weighted by atomic mass is 10.0. The fourth-order valence-electron chi connectivity index (χ4n) is 1.20. The van der Waals surface area contributed by atoms with E-state index in [-0.39, 0.29) is 17.4 Å². The highest BCUT2D eigenvalue weighted by molar-refractivity contribution is 6.30. The molecule has 0 bridgehead atoms. The summed E-state index contributed by atoms with van der Waals surface area (Å²) in [6, 6.07) is 3.71. The first-order valence-corrected chi connectivity index (χ1v) is 4.82. The van der Waals surface area contributed by atoms with Crippen molar-refractivity contribution in [2.24, 2.45) is 5.73 Å². The van der Waals surface area contributed by atoms with Crippen molar-refractivity contribution in [3.05, 3.63) is 34.6 Å². The Morgan fingerprint density at radius 2 is 2.13 bits per heavy atom. The third kappa shape index (κ3) is 3.61. The molecule has 0 radical (unpaired) electrons. The van der Waals surface area contributed by atoms with Gasteiger partial charge in [-0.2, -0.15) is 0 Å². The molecule has 0 aliphatic carbocycles. The van der Waals surface area contributed by atoms with Crippen molar-refractivity contribution in [2.75, 3.05) is 0 Å². The van der Waals surface area contributed by atoms with E-state index >= 15 is 0 Å². The van der Waals surface area contributed by atoms with E-state index in [0.717, 1.165) is 0 Å². The Morgan fingerprint density at radius 1 is 1.53 bits per heavy atom. The summed E-state index contributed by atoms with van der Waals surface area (Å²) < 4.78 is 12.8. The minimum Gasteiger partial charge on any atom is -0.391 e. The van der Waals surface area contributed by atoms with Crippen LogP contribution in [0.4, 0.5) is 4.39 Å². The summed E-state index contributed by atoms with van der Waals surface area (Å²) in [5.41, 5.74) is 6.38. The zero-order valence-corrected chi connectivity index (χ0v) is 9.86. The first-order chi connectivity index (χ1) is 6.56. The van der Waals surface area contributed by atoms with E-state index in [1.807, 2.05) is 6.92 Å². The van der Waals surface area contributed by atoms with E-state index in [9.17, 15) is 9.50 Å². The number of benzene rings is 1.